The minimum Gasteiger partial charge on any atom is -0.393 e. The molecule has 0 spiro atoms. The molecule has 1 fully saturated rings. The third-order valence-corrected chi connectivity index (χ3v) is 4.44. The van der Waals surface area contributed by atoms with Crippen LogP contribution in [0.4, 0.5) is 4.39 Å². The Balaban J connectivity index is 1.82. The molecule has 0 saturated carbocycles. The van der Waals surface area contributed by atoms with Crippen molar-refractivity contribution < 1.29 is 19.0 Å². The monoisotopic (exact) mass is 345 g/mol. The standard InChI is InChI=1S/C18H20FN3O3/c1-13-15(9-20-12-21-13)17(24)22-6-7-25-18(10-22,11-23)8-14-4-2-3-5-16(14)19/h2-5,9,12,23H,6-8,10-11H2,1H3/t18-/m0/s1. The fourth-order valence-corrected chi connectivity index (χ4v) is 3.04. The number of amides is 1. The Bertz CT molecular complexity index is 771. The largest absolute Gasteiger partial charge is 0.393 e. The molecule has 0 bridgehead atoms. The van der Waals surface area contributed by atoms with Crippen LogP contribution in [0.3, 0.4) is 0 Å². The molecule has 0 aliphatic carbocycles. The Hall–Kier alpha value is -2.38. The average molecular weight is 345 g/mol. The zero-order chi connectivity index (χ0) is 17.9. The van der Waals surface area contributed by atoms with Crippen LogP contribution in [-0.4, -0.2) is 57.8 Å². The van der Waals surface area contributed by atoms with Crippen molar-refractivity contribution in [2.45, 2.75) is 18.9 Å². The van der Waals surface area contributed by atoms with Gasteiger partial charge in [0, 0.05) is 19.2 Å². The van der Waals surface area contributed by atoms with Crippen molar-refractivity contribution in [2.75, 3.05) is 26.3 Å². The Morgan fingerprint density at radius 1 is 1.44 bits per heavy atom. The average Bonchev–Trinajstić information content (AvgIpc) is 2.64. The summed E-state index contributed by atoms with van der Waals surface area (Å²) >= 11 is 0. The summed E-state index contributed by atoms with van der Waals surface area (Å²) in [6, 6.07) is 6.38. The first-order chi connectivity index (χ1) is 12.0. The second kappa shape index (κ2) is 7.25. The molecule has 0 unspecified atom stereocenters. The smallest absolute Gasteiger partial charge is 0.257 e. The molecule has 1 aliphatic rings. The maximum atomic E-state index is 14.0. The third-order valence-electron chi connectivity index (χ3n) is 4.44. The van der Waals surface area contributed by atoms with Gasteiger partial charge in [-0.1, -0.05) is 18.2 Å². The van der Waals surface area contributed by atoms with Crippen molar-refractivity contribution >= 4 is 5.91 Å². The van der Waals surface area contributed by atoms with Gasteiger partial charge in [0.25, 0.3) is 5.91 Å². The van der Waals surface area contributed by atoms with Crippen LogP contribution < -0.4 is 0 Å². The fraction of sp³-hybridized carbons (Fsp3) is 0.389. The number of rotatable bonds is 4. The first-order valence-corrected chi connectivity index (χ1v) is 8.09. The molecule has 3 rings (SSSR count). The van der Waals surface area contributed by atoms with Crippen molar-refractivity contribution in [3.63, 3.8) is 0 Å². The van der Waals surface area contributed by atoms with Gasteiger partial charge in [0.1, 0.15) is 17.7 Å². The number of carbonyl (C=O) groups is 1. The number of benzene rings is 1. The molecule has 1 atom stereocenters. The Kier molecular flexibility index (Phi) is 5.06. The van der Waals surface area contributed by atoms with Crippen LogP contribution in [0, 0.1) is 12.7 Å². The van der Waals surface area contributed by atoms with Gasteiger partial charge in [0.05, 0.1) is 31.0 Å². The van der Waals surface area contributed by atoms with E-state index in [1.165, 1.54) is 18.6 Å². The first-order valence-electron chi connectivity index (χ1n) is 8.09. The van der Waals surface area contributed by atoms with Crippen molar-refractivity contribution in [3.05, 3.63) is 59.4 Å². The number of aliphatic hydroxyl groups excluding tert-OH is 1. The fourth-order valence-electron chi connectivity index (χ4n) is 3.04. The number of aromatic nitrogens is 2. The highest BCUT2D eigenvalue weighted by atomic mass is 19.1. The van der Waals surface area contributed by atoms with Gasteiger partial charge in [-0.05, 0) is 18.6 Å². The molecule has 25 heavy (non-hydrogen) atoms. The molecule has 1 aliphatic heterocycles. The number of hydrogen-bond donors (Lipinski definition) is 1. The lowest BCUT2D eigenvalue weighted by atomic mass is 9.92. The Morgan fingerprint density at radius 2 is 2.24 bits per heavy atom. The summed E-state index contributed by atoms with van der Waals surface area (Å²) in [6.07, 6.45) is 3.06. The van der Waals surface area contributed by atoms with Gasteiger partial charge >= 0.3 is 0 Å². The van der Waals surface area contributed by atoms with Crippen molar-refractivity contribution in [1.29, 1.82) is 0 Å². The summed E-state index contributed by atoms with van der Waals surface area (Å²) in [7, 11) is 0. The van der Waals surface area contributed by atoms with Crippen LogP contribution in [0.25, 0.3) is 0 Å². The topological polar surface area (TPSA) is 75.6 Å². The second-order valence-electron chi connectivity index (χ2n) is 6.21. The van der Waals surface area contributed by atoms with E-state index in [2.05, 4.69) is 9.97 Å². The lowest BCUT2D eigenvalue weighted by Crippen LogP contribution is -2.57. The summed E-state index contributed by atoms with van der Waals surface area (Å²) in [5, 5.41) is 9.91. The molecule has 6 nitrogen and oxygen atoms in total. The molecule has 132 valence electrons. The van der Waals surface area contributed by atoms with E-state index in [1.54, 1.807) is 30.0 Å². The van der Waals surface area contributed by atoms with E-state index in [0.29, 0.717) is 23.4 Å². The van der Waals surface area contributed by atoms with Crippen LogP contribution in [0.1, 0.15) is 21.6 Å². The maximum absolute atomic E-state index is 14.0. The number of halogens is 1. The number of morpholine rings is 1. The third kappa shape index (κ3) is 3.67. The van der Waals surface area contributed by atoms with E-state index < -0.39 is 5.60 Å². The van der Waals surface area contributed by atoms with E-state index in [-0.39, 0.29) is 37.9 Å². The van der Waals surface area contributed by atoms with Crippen molar-refractivity contribution in [2.24, 2.45) is 0 Å². The minimum atomic E-state index is -1.03. The molecule has 2 heterocycles. The molecule has 1 saturated heterocycles. The Labute approximate surface area is 145 Å². The van der Waals surface area contributed by atoms with E-state index in [9.17, 15) is 14.3 Å². The molecule has 1 amide bonds. The van der Waals surface area contributed by atoms with Crippen molar-refractivity contribution in [3.8, 4) is 0 Å². The molecular formula is C18H20FN3O3. The van der Waals surface area contributed by atoms with Crippen LogP contribution in [0.5, 0.6) is 0 Å². The number of hydrogen-bond acceptors (Lipinski definition) is 5. The highest BCUT2D eigenvalue weighted by molar-refractivity contribution is 5.95. The van der Waals surface area contributed by atoms with Crippen molar-refractivity contribution in [1.82, 2.24) is 14.9 Å². The van der Waals surface area contributed by atoms with E-state index >= 15 is 0 Å². The lowest BCUT2D eigenvalue weighted by molar-refractivity contribution is -0.124. The summed E-state index contributed by atoms with van der Waals surface area (Å²) in [4.78, 5) is 22.3. The van der Waals surface area contributed by atoms with Gasteiger partial charge in [0.2, 0.25) is 0 Å². The predicted molar refractivity (Wildman–Crippen MR) is 88.5 cm³/mol. The molecule has 1 aromatic heterocycles. The van der Waals surface area contributed by atoms with Crippen LogP contribution in [0.15, 0.2) is 36.8 Å². The molecule has 1 N–H and O–H groups in total. The zero-order valence-electron chi connectivity index (χ0n) is 14.0. The van der Waals surface area contributed by atoms with E-state index in [1.807, 2.05) is 0 Å². The normalized spacial score (nSPS) is 20.5. The number of aryl methyl sites for hydroxylation is 1. The van der Waals surface area contributed by atoms with Crippen LogP contribution >= 0.6 is 0 Å². The van der Waals surface area contributed by atoms with Crippen LogP contribution in [0.2, 0.25) is 0 Å². The van der Waals surface area contributed by atoms with Crippen LogP contribution in [-0.2, 0) is 11.2 Å². The lowest BCUT2D eigenvalue weighted by Gasteiger charge is -2.42. The van der Waals surface area contributed by atoms with Gasteiger partial charge in [-0.2, -0.15) is 0 Å². The highest BCUT2D eigenvalue weighted by Gasteiger charge is 2.39. The summed E-state index contributed by atoms with van der Waals surface area (Å²) in [5.41, 5.74) is 0.432. The SMILES string of the molecule is Cc1ncncc1C(=O)N1CCO[C@@](CO)(Cc2ccccc2F)C1. The molecular weight excluding hydrogens is 325 g/mol. The zero-order valence-corrected chi connectivity index (χ0v) is 14.0. The quantitative estimate of drug-likeness (QED) is 0.906. The number of nitrogens with zero attached hydrogens (tertiary/aromatic N) is 3. The Morgan fingerprint density at radius 3 is 2.96 bits per heavy atom. The molecule has 7 heteroatoms. The number of aliphatic hydroxyl groups is 1. The van der Waals surface area contributed by atoms with Gasteiger partial charge in [-0.3, -0.25) is 4.79 Å². The second-order valence-corrected chi connectivity index (χ2v) is 6.21. The molecule has 2 aromatic rings. The van der Waals surface area contributed by atoms with Gasteiger partial charge in [0.15, 0.2) is 0 Å². The maximum Gasteiger partial charge on any atom is 0.257 e. The summed E-state index contributed by atoms with van der Waals surface area (Å²) in [5.74, 6) is -0.567. The molecule has 0 radical (unpaired) electrons. The minimum absolute atomic E-state index is 0.172. The van der Waals surface area contributed by atoms with E-state index in [0.717, 1.165) is 0 Å². The number of carbonyl (C=O) groups excluding carboxylic acids is 1. The summed E-state index contributed by atoms with van der Waals surface area (Å²) < 4.78 is 19.8. The van der Waals surface area contributed by atoms with Gasteiger partial charge < -0.3 is 14.7 Å². The highest BCUT2D eigenvalue weighted by Crippen LogP contribution is 2.25. The van der Waals surface area contributed by atoms with Gasteiger partial charge in [-0.25, -0.2) is 14.4 Å². The van der Waals surface area contributed by atoms with Gasteiger partial charge in [-0.15, -0.1) is 0 Å². The number of ether oxygens (including phenoxy) is 1. The van der Waals surface area contributed by atoms with E-state index in [4.69, 9.17) is 4.74 Å². The first kappa shape index (κ1) is 17.4. The summed E-state index contributed by atoms with van der Waals surface area (Å²) in [6.45, 7) is 2.27. The predicted octanol–water partition coefficient (Wildman–Crippen LogP) is 1.37. The molecule has 1 aromatic carbocycles.